The van der Waals surface area contributed by atoms with Gasteiger partial charge in [0, 0.05) is 36.1 Å². The summed E-state index contributed by atoms with van der Waals surface area (Å²) >= 11 is 6.15. The van der Waals surface area contributed by atoms with Gasteiger partial charge in [-0.25, -0.2) is 8.42 Å². The van der Waals surface area contributed by atoms with Crippen molar-refractivity contribution in [1.82, 2.24) is 4.98 Å². The van der Waals surface area contributed by atoms with Crippen LogP contribution in [0, 0.1) is 6.92 Å². The number of sulfonamides is 1. The van der Waals surface area contributed by atoms with Gasteiger partial charge in [0.25, 0.3) is 0 Å². The molecule has 6 nitrogen and oxygen atoms in total. The number of rotatable bonds is 9. The molecule has 3 rings (SSSR count). The predicted molar refractivity (Wildman–Crippen MR) is 130 cm³/mol. The van der Waals surface area contributed by atoms with Crippen LogP contribution in [0.3, 0.4) is 0 Å². The normalized spacial score (nSPS) is 11.2. The molecule has 0 aliphatic carbocycles. The molecule has 1 N–H and O–H groups in total. The van der Waals surface area contributed by atoms with E-state index >= 15 is 0 Å². The zero-order valence-corrected chi connectivity index (χ0v) is 19.7. The van der Waals surface area contributed by atoms with E-state index in [1.54, 1.807) is 37.5 Å². The topological polar surface area (TPSA) is 79.4 Å². The van der Waals surface area contributed by atoms with E-state index in [2.05, 4.69) is 10.3 Å². The molecule has 1 amide bonds. The molecule has 2 aromatic carbocycles. The van der Waals surface area contributed by atoms with Gasteiger partial charge in [0.15, 0.2) is 0 Å². The van der Waals surface area contributed by atoms with Crippen molar-refractivity contribution in [2.75, 3.05) is 22.4 Å². The second-order valence-electron chi connectivity index (χ2n) is 7.60. The highest BCUT2D eigenvalue weighted by Gasteiger charge is 2.20. The highest BCUT2D eigenvalue weighted by atomic mass is 35.5. The third kappa shape index (κ3) is 6.55. The van der Waals surface area contributed by atoms with Crippen molar-refractivity contribution >= 4 is 38.9 Å². The van der Waals surface area contributed by atoms with E-state index in [4.69, 9.17) is 11.6 Å². The van der Waals surface area contributed by atoms with Gasteiger partial charge in [-0.3, -0.25) is 14.1 Å². The first-order valence-corrected chi connectivity index (χ1v) is 12.5. The summed E-state index contributed by atoms with van der Waals surface area (Å²) in [6.45, 7) is 1.97. The number of benzene rings is 2. The molecule has 0 saturated carbocycles. The number of halogens is 1. The molecule has 1 aromatic heterocycles. The molecule has 0 saturated heterocycles. The number of nitrogens with one attached hydrogen (secondary N) is 1. The molecule has 0 aliphatic heterocycles. The van der Waals surface area contributed by atoms with Gasteiger partial charge >= 0.3 is 0 Å². The molecule has 8 heteroatoms. The van der Waals surface area contributed by atoms with Crippen LogP contribution in [0.1, 0.15) is 29.5 Å². The summed E-state index contributed by atoms with van der Waals surface area (Å²) in [4.78, 5) is 16.4. The Morgan fingerprint density at radius 3 is 2.34 bits per heavy atom. The number of carbonyl (C=O) groups is 1. The minimum absolute atomic E-state index is 0.164. The lowest BCUT2D eigenvalue weighted by molar-refractivity contribution is -0.116. The maximum Gasteiger partial charge on any atom is 0.232 e. The second kappa shape index (κ2) is 10.6. The minimum Gasteiger partial charge on any atom is -0.326 e. The average Bonchev–Trinajstić information content (AvgIpc) is 2.75. The van der Waals surface area contributed by atoms with E-state index in [0.29, 0.717) is 28.4 Å². The zero-order chi connectivity index (χ0) is 23.1. The van der Waals surface area contributed by atoms with Crippen LogP contribution in [0.5, 0.6) is 0 Å². The minimum atomic E-state index is -3.51. The van der Waals surface area contributed by atoms with Crippen molar-refractivity contribution in [3.8, 4) is 0 Å². The van der Waals surface area contributed by atoms with Gasteiger partial charge in [-0.2, -0.15) is 0 Å². The summed E-state index contributed by atoms with van der Waals surface area (Å²) < 4.78 is 25.9. The lowest BCUT2D eigenvalue weighted by atomic mass is 10.1. The van der Waals surface area contributed by atoms with Crippen LogP contribution in [0.15, 0.2) is 67.0 Å². The van der Waals surface area contributed by atoms with E-state index in [-0.39, 0.29) is 18.9 Å². The number of nitrogens with zero attached hydrogens (tertiary/aromatic N) is 2. The highest BCUT2D eigenvalue weighted by Crippen LogP contribution is 2.28. The van der Waals surface area contributed by atoms with Gasteiger partial charge in [0.1, 0.15) is 0 Å². The van der Waals surface area contributed by atoms with Crippen LogP contribution >= 0.6 is 11.6 Å². The third-order valence-corrected chi connectivity index (χ3v) is 6.66. The van der Waals surface area contributed by atoms with E-state index in [9.17, 15) is 13.2 Å². The van der Waals surface area contributed by atoms with Crippen molar-refractivity contribution in [2.45, 2.75) is 26.2 Å². The van der Waals surface area contributed by atoms with Crippen molar-refractivity contribution in [3.05, 3.63) is 88.7 Å². The van der Waals surface area contributed by atoms with Crippen LogP contribution < -0.4 is 9.62 Å². The molecular weight excluding hydrogens is 446 g/mol. The molecule has 32 heavy (non-hydrogen) atoms. The number of carbonyl (C=O) groups excluding carboxylic acids is 1. The number of anilines is 2. The van der Waals surface area contributed by atoms with Crippen molar-refractivity contribution < 1.29 is 13.2 Å². The molecule has 0 unspecified atom stereocenters. The first kappa shape index (κ1) is 23.8. The van der Waals surface area contributed by atoms with E-state index in [0.717, 1.165) is 18.2 Å². The maximum atomic E-state index is 12.4. The quantitative estimate of drug-likeness (QED) is 0.485. The Labute approximate surface area is 194 Å². The van der Waals surface area contributed by atoms with Crippen LogP contribution in [-0.4, -0.2) is 32.1 Å². The number of amides is 1. The highest BCUT2D eigenvalue weighted by molar-refractivity contribution is 7.92. The predicted octanol–water partition coefficient (Wildman–Crippen LogP) is 4.82. The maximum absolute atomic E-state index is 12.4. The molecule has 0 radical (unpaired) electrons. The Morgan fingerprint density at radius 1 is 1.03 bits per heavy atom. The summed E-state index contributed by atoms with van der Waals surface area (Å²) in [6.07, 6.45) is 6.06. The van der Waals surface area contributed by atoms with Gasteiger partial charge in [-0.05, 0) is 72.9 Å². The number of aromatic nitrogens is 1. The summed E-state index contributed by atoms with van der Waals surface area (Å²) in [5, 5.41) is 3.37. The SMILES string of the molecule is Cc1c(Cl)cccc1N(CCCC(=O)Nc1ccc(Cc2ccncc2)cc1)S(C)(=O)=O. The van der Waals surface area contributed by atoms with Crippen LogP contribution in [-0.2, 0) is 21.2 Å². The summed E-state index contributed by atoms with van der Waals surface area (Å²) in [6, 6.07) is 16.8. The molecule has 0 bridgehead atoms. The molecule has 168 valence electrons. The fraction of sp³-hybridized carbons (Fsp3) is 0.250. The standard InChI is InChI=1S/C24H26ClN3O3S/c1-18-22(25)5-3-6-23(18)28(32(2,30)31)16-4-7-24(29)27-21-10-8-19(9-11-21)17-20-12-14-26-15-13-20/h3,5-6,8-15H,4,7,16-17H2,1-2H3,(H,27,29). The van der Waals surface area contributed by atoms with Crippen molar-refractivity contribution in [1.29, 1.82) is 0 Å². The first-order valence-electron chi connectivity index (χ1n) is 10.2. The number of hydrogen-bond donors (Lipinski definition) is 1. The fourth-order valence-electron chi connectivity index (χ4n) is 3.38. The smallest absolute Gasteiger partial charge is 0.232 e. The van der Waals surface area contributed by atoms with Crippen LogP contribution in [0.2, 0.25) is 5.02 Å². The van der Waals surface area contributed by atoms with Gasteiger partial charge in [0.05, 0.1) is 11.9 Å². The molecule has 3 aromatic rings. The monoisotopic (exact) mass is 471 g/mol. The Morgan fingerprint density at radius 2 is 1.69 bits per heavy atom. The first-order chi connectivity index (χ1) is 15.2. The molecule has 0 spiro atoms. The van der Waals surface area contributed by atoms with Gasteiger partial charge in [0.2, 0.25) is 15.9 Å². The third-order valence-electron chi connectivity index (χ3n) is 5.07. The Bertz CT molecular complexity index is 1170. The van der Waals surface area contributed by atoms with E-state index in [1.807, 2.05) is 36.4 Å². The Hall–Kier alpha value is -2.90. The van der Waals surface area contributed by atoms with Gasteiger partial charge < -0.3 is 5.32 Å². The van der Waals surface area contributed by atoms with Gasteiger partial charge in [-0.1, -0.05) is 29.8 Å². The zero-order valence-electron chi connectivity index (χ0n) is 18.1. The molecule has 0 fully saturated rings. The van der Waals surface area contributed by atoms with E-state index < -0.39 is 10.0 Å². The van der Waals surface area contributed by atoms with Crippen LogP contribution in [0.4, 0.5) is 11.4 Å². The Kier molecular flexibility index (Phi) is 7.88. The lowest BCUT2D eigenvalue weighted by Gasteiger charge is -2.24. The average molecular weight is 472 g/mol. The summed E-state index contributed by atoms with van der Waals surface area (Å²) in [5.74, 6) is -0.164. The number of hydrogen-bond acceptors (Lipinski definition) is 4. The molecule has 0 aliphatic rings. The van der Waals surface area contributed by atoms with Gasteiger partial charge in [-0.15, -0.1) is 0 Å². The lowest BCUT2D eigenvalue weighted by Crippen LogP contribution is -2.32. The Balaban J connectivity index is 1.55. The fourth-order valence-corrected chi connectivity index (χ4v) is 4.57. The molecular formula is C24H26ClN3O3S. The van der Waals surface area contributed by atoms with Crippen molar-refractivity contribution in [3.63, 3.8) is 0 Å². The summed E-state index contributed by atoms with van der Waals surface area (Å²) in [5.41, 5.74) is 4.23. The molecule has 1 heterocycles. The van der Waals surface area contributed by atoms with Crippen molar-refractivity contribution in [2.24, 2.45) is 0 Å². The largest absolute Gasteiger partial charge is 0.326 e. The van der Waals surface area contributed by atoms with E-state index in [1.165, 1.54) is 9.87 Å². The summed E-state index contributed by atoms with van der Waals surface area (Å²) in [7, 11) is -3.51. The second-order valence-corrected chi connectivity index (χ2v) is 9.91. The molecule has 0 atom stereocenters. The number of pyridine rings is 1. The van der Waals surface area contributed by atoms with Crippen LogP contribution in [0.25, 0.3) is 0 Å².